The van der Waals surface area contributed by atoms with Crippen LogP contribution in [0.25, 0.3) is 0 Å². The fourth-order valence-electron chi connectivity index (χ4n) is 3.78. The molecular weight excluding hydrogens is 376 g/mol. The summed E-state index contributed by atoms with van der Waals surface area (Å²) in [6.07, 6.45) is 7.08. The summed E-state index contributed by atoms with van der Waals surface area (Å²) in [7, 11) is -1.64. The number of nitriles is 1. The molecule has 2 rings (SSSR count). The maximum Gasteiger partial charge on any atom is 0.240 e. The minimum absolute atomic E-state index is 0. The van der Waals surface area contributed by atoms with E-state index in [4.69, 9.17) is 11.0 Å². The molecule has 2 fully saturated rings. The number of nitrogens with two attached hydrogens (primary N) is 1. The van der Waals surface area contributed by atoms with Crippen LogP contribution in [-0.2, 0) is 14.8 Å². The average molecular weight is 407 g/mol. The van der Waals surface area contributed by atoms with E-state index < -0.39 is 16.1 Å². The molecule has 0 aromatic carbocycles. The Kier molecular flexibility index (Phi) is 9.31. The highest BCUT2D eigenvalue weighted by Crippen LogP contribution is 2.25. The van der Waals surface area contributed by atoms with Crippen molar-refractivity contribution in [3.8, 4) is 6.07 Å². The highest BCUT2D eigenvalue weighted by atomic mass is 35.5. The van der Waals surface area contributed by atoms with E-state index >= 15 is 0 Å². The summed E-state index contributed by atoms with van der Waals surface area (Å²) >= 11 is 0. The smallest absolute Gasteiger partial charge is 0.240 e. The number of carbonyl (C=O) groups is 1. The third kappa shape index (κ3) is 5.56. The molecule has 0 spiro atoms. The van der Waals surface area contributed by atoms with Gasteiger partial charge in [0.15, 0.2) is 0 Å². The predicted molar refractivity (Wildman–Crippen MR) is 103 cm³/mol. The molecular formula is C17H31ClN4O3S. The number of carbonyl (C=O) groups excluding carboxylic acids is 1. The van der Waals surface area contributed by atoms with E-state index in [1.807, 2.05) is 0 Å². The SMILES string of the molecule is CN(CCC[C@H](N)C(=O)N1CCC[C@H]1C#N)S(=O)(=O)C1CCCCC1.Cl. The second-order valence-corrected chi connectivity index (χ2v) is 9.51. The number of hydrogen-bond acceptors (Lipinski definition) is 5. The van der Waals surface area contributed by atoms with E-state index in [9.17, 15) is 13.2 Å². The maximum atomic E-state index is 12.6. The van der Waals surface area contributed by atoms with Gasteiger partial charge >= 0.3 is 0 Å². The third-order valence-corrected chi connectivity index (χ3v) is 7.76. The van der Waals surface area contributed by atoms with Crippen LogP contribution in [0.5, 0.6) is 0 Å². The first-order chi connectivity index (χ1) is 11.9. The van der Waals surface area contributed by atoms with E-state index in [0.29, 0.717) is 32.4 Å². The number of halogens is 1. The summed E-state index contributed by atoms with van der Waals surface area (Å²) < 4.78 is 26.6. The zero-order valence-electron chi connectivity index (χ0n) is 15.5. The van der Waals surface area contributed by atoms with E-state index in [0.717, 1.165) is 38.5 Å². The molecule has 2 aliphatic rings. The van der Waals surface area contributed by atoms with Crippen molar-refractivity contribution in [2.75, 3.05) is 20.1 Å². The summed E-state index contributed by atoms with van der Waals surface area (Å²) in [4.78, 5) is 13.9. The molecule has 1 aliphatic carbocycles. The van der Waals surface area contributed by atoms with Crippen molar-refractivity contribution >= 4 is 28.3 Å². The van der Waals surface area contributed by atoms with Crippen molar-refractivity contribution in [3.05, 3.63) is 0 Å². The fraction of sp³-hybridized carbons (Fsp3) is 0.882. The number of nitrogens with zero attached hydrogens (tertiary/aromatic N) is 3. The zero-order valence-corrected chi connectivity index (χ0v) is 17.1. The highest BCUT2D eigenvalue weighted by molar-refractivity contribution is 7.89. The molecule has 2 atom stereocenters. The Morgan fingerprint density at radius 3 is 2.54 bits per heavy atom. The third-order valence-electron chi connectivity index (χ3n) is 5.40. The van der Waals surface area contributed by atoms with Crippen molar-refractivity contribution in [1.82, 2.24) is 9.21 Å². The summed E-state index contributed by atoms with van der Waals surface area (Å²) in [6.45, 7) is 0.961. The molecule has 0 aromatic heterocycles. The van der Waals surface area contributed by atoms with Crippen LogP contribution < -0.4 is 5.73 Å². The molecule has 7 nitrogen and oxygen atoms in total. The van der Waals surface area contributed by atoms with Crippen molar-refractivity contribution in [2.45, 2.75) is 75.1 Å². The average Bonchev–Trinajstić information content (AvgIpc) is 3.10. The molecule has 26 heavy (non-hydrogen) atoms. The van der Waals surface area contributed by atoms with Gasteiger partial charge in [-0.1, -0.05) is 19.3 Å². The first-order valence-corrected chi connectivity index (χ1v) is 10.8. The van der Waals surface area contributed by atoms with Crippen LogP contribution in [-0.4, -0.2) is 61.0 Å². The molecule has 150 valence electrons. The van der Waals surface area contributed by atoms with Crippen LogP contribution in [0.15, 0.2) is 0 Å². The molecule has 1 saturated heterocycles. The molecule has 0 aromatic rings. The summed E-state index contributed by atoms with van der Waals surface area (Å²) in [6, 6.07) is 1.11. The van der Waals surface area contributed by atoms with Crippen LogP contribution in [0.1, 0.15) is 57.8 Å². The molecule has 1 amide bonds. The first kappa shape index (κ1) is 23.2. The molecule has 0 radical (unpaired) electrons. The fourth-order valence-corrected chi connectivity index (χ4v) is 5.60. The number of likely N-dealkylation sites (tertiary alicyclic amines) is 1. The quantitative estimate of drug-likeness (QED) is 0.691. The van der Waals surface area contributed by atoms with E-state index in [1.54, 1.807) is 11.9 Å². The molecule has 0 bridgehead atoms. The highest BCUT2D eigenvalue weighted by Gasteiger charge is 2.33. The maximum absolute atomic E-state index is 12.6. The lowest BCUT2D eigenvalue weighted by Crippen LogP contribution is -2.46. The van der Waals surface area contributed by atoms with Gasteiger partial charge in [-0.2, -0.15) is 5.26 Å². The van der Waals surface area contributed by atoms with Gasteiger partial charge in [-0.05, 0) is 38.5 Å². The Hall–Kier alpha value is -0.880. The summed E-state index contributed by atoms with van der Waals surface area (Å²) in [5.41, 5.74) is 5.98. The normalized spacial score (nSPS) is 22.7. The van der Waals surface area contributed by atoms with Crippen molar-refractivity contribution in [3.63, 3.8) is 0 Å². The van der Waals surface area contributed by atoms with Crippen LogP contribution in [0.3, 0.4) is 0 Å². The number of amides is 1. The molecule has 9 heteroatoms. The van der Waals surface area contributed by atoms with Gasteiger partial charge in [-0.3, -0.25) is 4.79 Å². The lowest BCUT2D eigenvalue weighted by atomic mass is 10.0. The minimum Gasteiger partial charge on any atom is -0.325 e. The van der Waals surface area contributed by atoms with E-state index in [-0.39, 0.29) is 29.6 Å². The van der Waals surface area contributed by atoms with Gasteiger partial charge in [-0.15, -0.1) is 12.4 Å². The van der Waals surface area contributed by atoms with Gasteiger partial charge in [0.2, 0.25) is 15.9 Å². The van der Waals surface area contributed by atoms with Crippen LogP contribution in [0, 0.1) is 11.3 Å². The van der Waals surface area contributed by atoms with Crippen LogP contribution in [0.4, 0.5) is 0 Å². The van der Waals surface area contributed by atoms with E-state index in [1.165, 1.54) is 4.31 Å². The Balaban J connectivity index is 0.00000338. The zero-order chi connectivity index (χ0) is 18.4. The predicted octanol–water partition coefficient (Wildman–Crippen LogP) is 1.62. The van der Waals surface area contributed by atoms with Gasteiger partial charge in [0.1, 0.15) is 6.04 Å². The molecule has 0 unspecified atom stereocenters. The number of sulfonamides is 1. The lowest BCUT2D eigenvalue weighted by Gasteiger charge is -2.27. The van der Waals surface area contributed by atoms with Crippen molar-refractivity contribution in [2.24, 2.45) is 5.73 Å². The number of rotatable bonds is 7. The standard InChI is InChI=1S/C17H30N4O3S.ClH/c1-20(25(23,24)15-8-3-2-4-9-15)11-6-10-16(19)17(22)21-12-5-7-14(21)13-18;/h14-16H,2-12,19H2,1H3;1H/t14-,16-;/m0./s1. The Morgan fingerprint density at radius 2 is 1.92 bits per heavy atom. The van der Waals surface area contributed by atoms with Crippen LogP contribution >= 0.6 is 12.4 Å². The van der Waals surface area contributed by atoms with Gasteiger partial charge in [-0.25, -0.2) is 12.7 Å². The summed E-state index contributed by atoms with van der Waals surface area (Å²) in [5, 5.41) is 8.81. The molecule has 1 aliphatic heterocycles. The Morgan fingerprint density at radius 1 is 1.27 bits per heavy atom. The van der Waals surface area contributed by atoms with Crippen LogP contribution in [0.2, 0.25) is 0 Å². The second-order valence-electron chi connectivity index (χ2n) is 7.19. The number of hydrogen-bond donors (Lipinski definition) is 1. The topological polar surface area (TPSA) is 108 Å². The summed E-state index contributed by atoms with van der Waals surface area (Å²) in [5.74, 6) is -0.193. The van der Waals surface area contributed by atoms with Gasteiger partial charge in [0, 0.05) is 20.1 Å². The molecule has 1 heterocycles. The Bertz CT molecular complexity index is 602. The molecule has 2 N–H and O–H groups in total. The largest absolute Gasteiger partial charge is 0.325 e. The van der Waals surface area contributed by atoms with Crippen molar-refractivity contribution in [1.29, 1.82) is 5.26 Å². The van der Waals surface area contributed by atoms with E-state index in [2.05, 4.69) is 6.07 Å². The van der Waals surface area contributed by atoms with Gasteiger partial charge < -0.3 is 10.6 Å². The monoisotopic (exact) mass is 406 g/mol. The lowest BCUT2D eigenvalue weighted by molar-refractivity contribution is -0.132. The second kappa shape index (κ2) is 10.5. The van der Waals surface area contributed by atoms with Crippen molar-refractivity contribution < 1.29 is 13.2 Å². The first-order valence-electron chi connectivity index (χ1n) is 9.28. The Labute approximate surface area is 163 Å². The van der Waals surface area contributed by atoms with Gasteiger partial charge in [0.05, 0.1) is 17.4 Å². The van der Waals surface area contributed by atoms with Gasteiger partial charge in [0.25, 0.3) is 0 Å². The minimum atomic E-state index is -3.25. The molecule has 1 saturated carbocycles.